The lowest BCUT2D eigenvalue weighted by Gasteiger charge is -2.37. The Labute approximate surface area is 119 Å². The van der Waals surface area contributed by atoms with Gasteiger partial charge in [0.1, 0.15) is 0 Å². The topological polar surface area (TPSA) is 46.9 Å². The second-order valence-corrected chi connectivity index (χ2v) is 5.49. The molecule has 1 aromatic carbocycles. The molecule has 1 heterocycles. The van der Waals surface area contributed by atoms with Gasteiger partial charge >= 0.3 is 0 Å². The maximum absolute atomic E-state index is 9.45. The number of anilines is 1. The Hall–Kier alpha value is -0.810. The summed E-state index contributed by atoms with van der Waals surface area (Å²) in [6, 6.07) is 5.96. The summed E-state index contributed by atoms with van der Waals surface area (Å²) in [5, 5.41) is 19.1. The summed E-state index contributed by atoms with van der Waals surface area (Å²) in [6.07, 6.45) is -0.639. The minimum atomic E-state index is -0.639. The van der Waals surface area contributed by atoms with E-state index < -0.39 is 6.10 Å². The predicted molar refractivity (Wildman–Crippen MR) is 77.9 cm³/mol. The molecule has 0 aromatic heterocycles. The number of piperazine rings is 1. The number of aliphatic hydroxyl groups is 2. The van der Waals surface area contributed by atoms with Gasteiger partial charge in [-0.05, 0) is 24.6 Å². The number of benzene rings is 1. The molecule has 1 atom stereocenters. The van der Waals surface area contributed by atoms with E-state index in [0.717, 1.165) is 31.2 Å². The molecule has 0 spiro atoms. The van der Waals surface area contributed by atoms with Gasteiger partial charge in [-0.1, -0.05) is 17.7 Å². The molecule has 5 heteroatoms. The van der Waals surface area contributed by atoms with Crippen molar-refractivity contribution in [1.82, 2.24) is 4.90 Å². The zero-order valence-electron chi connectivity index (χ0n) is 11.2. The lowest BCUT2D eigenvalue weighted by atomic mass is 10.1. The Morgan fingerprint density at radius 3 is 2.58 bits per heavy atom. The average molecular weight is 285 g/mol. The van der Waals surface area contributed by atoms with Gasteiger partial charge in [0.25, 0.3) is 0 Å². The first-order valence-electron chi connectivity index (χ1n) is 6.62. The van der Waals surface area contributed by atoms with Gasteiger partial charge in [-0.25, -0.2) is 0 Å². The van der Waals surface area contributed by atoms with E-state index in [0.29, 0.717) is 6.54 Å². The fourth-order valence-corrected chi connectivity index (χ4v) is 2.62. The zero-order chi connectivity index (χ0) is 13.8. The number of hydrogen-bond acceptors (Lipinski definition) is 4. The van der Waals surface area contributed by atoms with E-state index >= 15 is 0 Å². The van der Waals surface area contributed by atoms with Crippen LogP contribution in [0.3, 0.4) is 0 Å². The number of β-amino-alcohol motifs (C(OH)–C–C–N with tert-alkyl or cyclic N) is 1. The molecule has 2 rings (SSSR count). The van der Waals surface area contributed by atoms with Crippen LogP contribution in [0.15, 0.2) is 18.2 Å². The predicted octanol–water partition coefficient (Wildman–Crippen LogP) is 1.12. The first-order valence-corrected chi connectivity index (χ1v) is 7.00. The highest BCUT2D eigenvalue weighted by Crippen LogP contribution is 2.25. The van der Waals surface area contributed by atoms with Crippen LogP contribution >= 0.6 is 11.6 Å². The maximum Gasteiger partial charge on any atom is 0.0897 e. The zero-order valence-corrected chi connectivity index (χ0v) is 12.0. The lowest BCUT2D eigenvalue weighted by Crippen LogP contribution is -2.49. The number of aryl methyl sites for hydroxylation is 1. The monoisotopic (exact) mass is 284 g/mol. The van der Waals surface area contributed by atoms with Crippen LogP contribution < -0.4 is 4.90 Å². The van der Waals surface area contributed by atoms with Crippen molar-refractivity contribution in [2.45, 2.75) is 13.0 Å². The fourth-order valence-electron chi connectivity index (χ4n) is 2.45. The molecular formula is C14H21ClN2O2. The smallest absolute Gasteiger partial charge is 0.0897 e. The Morgan fingerprint density at radius 2 is 1.95 bits per heavy atom. The Morgan fingerprint density at radius 1 is 1.26 bits per heavy atom. The van der Waals surface area contributed by atoms with Crippen LogP contribution in [0.1, 0.15) is 5.56 Å². The molecule has 1 saturated heterocycles. The quantitative estimate of drug-likeness (QED) is 0.870. The highest BCUT2D eigenvalue weighted by Gasteiger charge is 2.20. The molecule has 0 bridgehead atoms. The first-order chi connectivity index (χ1) is 9.10. The van der Waals surface area contributed by atoms with Gasteiger partial charge in [0.2, 0.25) is 0 Å². The second kappa shape index (κ2) is 6.57. The molecule has 4 nitrogen and oxygen atoms in total. The van der Waals surface area contributed by atoms with E-state index in [1.807, 2.05) is 18.2 Å². The van der Waals surface area contributed by atoms with E-state index in [1.54, 1.807) is 0 Å². The van der Waals surface area contributed by atoms with E-state index in [4.69, 9.17) is 16.7 Å². The maximum atomic E-state index is 9.45. The van der Waals surface area contributed by atoms with E-state index in [2.05, 4.69) is 16.7 Å². The van der Waals surface area contributed by atoms with Gasteiger partial charge in [0, 0.05) is 43.4 Å². The summed E-state index contributed by atoms with van der Waals surface area (Å²) < 4.78 is 0. The van der Waals surface area contributed by atoms with Crippen LogP contribution in [0.5, 0.6) is 0 Å². The van der Waals surface area contributed by atoms with Crippen LogP contribution in [0.2, 0.25) is 5.02 Å². The summed E-state index contributed by atoms with van der Waals surface area (Å²) in [5.74, 6) is 0. The molecule has 0 aliphatic carbocycles. The Kier molecular flexibility index (Phi) is 5.05. The van der Waals surface area contributed by atoms with Crippen molar-refractivity contribution < 1.29 is 10.2 Å². The van der Waals surface area contributed by atoms with Crippen LogP contribution in [0.4, 0.5) is 5.69 Å². The highest BCUT2D eigenvalue weighted by molar-refractivity contribution is 6.30. The molecule has 0 radical (unpaired) electrons. The number of hydrogen-bond donors (Lipinski definition) is 2. The van der Waals surface area contributed by atoms with E-state index in [9.17, 15) is 5.11 Å². The third-order valence-electron chi connectivity index (χ3n) is 3.56. The van der Waals surface area contributed by atoms with Crippen LogP contribution in [0.25, 0.3) is 0 Å². The van der Waals surface area contributed by atoms with Crippen molar-refractivity contribution in [3.63, 3.8) is 0 Å². The molecule has 19 heavy (non-hydrogen) atoms. The van der Waals surface area contributed by atoms with Crippen LogP contribution in [-0.2, 0) is 0 Å². The van der Waals surface area contributed by atoms with Crippen molar-refractivity contribution in [3.05, 3.63) is 28.8 Å². The normalized spacial score (nSPS) is 18.6. The minimum Gasteiger partial charge on any atom is -0.394 e. The number of aliphatic hydroxyl groups excluding tert-OH is 2. The molecule has 1 unspecified atom stereocenters. The number of nitrogens with zero attached hydrogens (tertiary/aromatic N) is 2. The largest absolute Gasteiger partial charge is 0.394 e. The first kappa shape index (κ1) is 14.6. The van der Waals surface area contributed by atoms with Gasteiger partial charge in [-0.15, -0.1) is 0 Å². The summed E-state index contributed by atoms with van der Waals surface area (Å²) >= 11 is 6.05. The third kappa shape index (κ3) is 3.83. The van der Waals surface area contributed by atoms with Gasteiger partial charge in [0.05, 0.1) is 12.7 Å². The van der Waals surface area contributed by atoms with Crippen LogP contribution in [-0.4, -0.2) is 60.5 Å². The summed E-state index contributed by atoms with van der Waals surface area (Å²) in [4.78, 5) is 4.50. The molecule has 0 saturated carbocycles. The van der Waals surface area contributed by atoms with E-state index in [1.165, 1.54) is 11.3 Å². The van der Waals surface area contributed by atoms with Crippen molar-refractivity contribution in [2.75, 3.05) is 44.2 Å². The SMILES string of the molecule is Cc1ccc(Cl)cc1N1CCN(CC(O)CO)CC1. The molecular weight excluding hydrogens is 264 g/mol. The van der Waals surface area contributed by atoms with Crippen molar-refractivity contribution >= 4 is 17.3 Å². The third-order valence-corrected chi connectivity index (χ3v) is 3.80. The highest BCUT2D eigenvalue weighted by atomic mass is 35.5. The number of halogens is 1. The molecule has 106 valence electrons. The molecule has 0 amide bonds. The molecule has 1 fully saturated rings. The van der Waals surface area contributed by atoms with Gasteiger partial charge in [-0.2, -0.15) is 0 Å². The Bertz CT molecular complexity index is 420. The van der Waals surface area contributed by atoms with Gasteiger partial charge < -0.3 is 15.1 Å². The lowest BCUT2D eigenvalue weighted by molar-refractivity contribution is 0.0575. The number of rotatable bonds is 4. The molecule has 1 aliphatic heterocycles. The molecule has 1 aliphatic rings. The van der Waals surface area contributed by atoms with E-state index in [-0.39, 0.29) is 6.61 Å². The summed E-state index contributed by atoms with van der Waals surface area (Å²) in [7, 11) is 0. The fraction of sp³-hybridized carbons (Fsp3) is 0.571. The average Bonchev–Trinajstić information content (AvgIpc) is 2.42. The second-order valence-electron chi connectivity index (χ2n) is 5.05. The van der Waals surface area contributed by atoms with Gasteiger partial charge in [0.15, 0.2) is 0 Å². The van der Waals surface area contributed by atoms with Gasteiger partial charge in [-0.3, -0.25) is 4.90 Å². The molecule has 2 N–H and O–H groups in total. The van der Waals surface area contributed by atoms with Crippen molar-refractivity contribution in [2.24, 2.45) is 0 Å². The Balaban J connectivity index is 1.94. The minimum absolute atomic E-state index is 0.173. The van der Waals surface area contributed by atoms with Crippen molar-refractivity contribution in [1.29, 1.82) is 0 Å². The summed E-state index contributed by atoms with van der Waals surface area (Å²) in [5.41, 5.74) is 2.42. The summed E-state index contributed by atoms with van der Waals surface area (Å²) in [6.45, 7) is 6.07. The molecule has 1 aromatic rings. The van der Waals surface area contributed by atoms with Crippen molar-refractivity contribution in [3.8, 4) is 0 Å². The van der Waals surface area contributed by atoms with Crippen LogP contribution in [0, 0.1) is 6.92 Å². The standard InChI is InChI=1S/C14H21ClN2O2/c1-11-2-3-12(15)8-14(11)17-6-4-16(5-7-17)9-13(19)10-18/h2-3,8,13,18-19H,4-7,9-10H2,1H3.